The van der Waals surface area contributed by atoms with Crippen LogP contribution in [0.3, 0.4) is 0 Å². The first kappa shape index (κ1) is 19.2. The van der Waals surface area contributed by atoms with Crippen LogP contribution in [-0.4, -0.2) is 30.6 Å². The molecule has 7 heteroatoms. The Bertz CT molecular complexity index is 600. The topological polar surface area (TPSA) is 90.4 Å². The maximum absolute atomic E-state index is 11.9. The number of oxazole rings is 1. The van der Waals surface area contributed by atoms with Crippen LogP contribution in [0.15, 0.2) is 40.9 Å². The van der Waals surface area contributed by atoms with Gasteiger partial charge >= 0.3 is 0 Å². The van der Waals surface area contributed by atoms with E-state index in [0.717, 1.165) is 5.56 Å². The predicted octanol–water partition coefficient (Wildman–Crippen LogP) is 2.30. The molecule has 0 radical (unpaired) electrons. The third kappa shape index (κ3) is 5.35. The number of rotatable bonds is 7. The molecule has 1 aromatic heterocycles. The number of nitrogens with two attached hydrogens (primary N) is 1. The van der Waals surface area contributed by atoms with E-state index >= 15 is 0 Å². The number of hydrogen-bond donors (Lipinski definition) is 2. The molecule has 0 saturated heterocycles. The lowest BCUT2D eigenvalue weighted by Gasteiger charge is -2.15. The van der Waals surface area contributed by atoms with E-state index in [0.29, 0.717) is 18.2 Å². The molecule has 23 heavy (non-hydrogen) atoms. The van der Waals surface area contributed by atoms with Gasteiger partial charge in [-0.25, -0.2) is 4.98 Å². The van der Waals surface area contributed by atoms with E-state index in [1.807, 2.05) is 37.3 Å². The van der Waals surface area contributed by atoms with Crippen molar-refractivity contribution in [1.29, 1.82) is 0 Å². The minimum atomic E-state index is -0.319. The summed E-state index contributed by atoms with van der Waals surface area (Å²) >= 11 is 0. The number of nitrogens with zero attached hydrogens (tertiary/aromatic N) is 1. The first-order chi connectivity index (χ1) is 10.6. The number of hydrogen-bond acceptors (Lipinski definition) is 5. The van der Waals surface area contributed by atoms with Gasteiger partial charge in [-0.1, -0.05) is 30.3 Å². The highest BCUT2D eigenvalue weighted by Crippen LogP contribution is 2.22. The van der Waals surface area contributed by atoms with Gasteiger partial charge in [0.25, 0.3) is 0 Å². The molecule has 0 aliphatic carbocycles. The van der Waals surface area contributed by atoms with Crippen LogP contribution in [0.25, 0.3) is 11.3 Å². The van der Waals surface area contributed by atoms with Crippen LogP contribution >= 0.6 is 12.4 Å². The minimum Gasteiger partial charge on any atom is -0.438 e. The van der Waals surface area contributed by atoms with Crippen molar-refractivity contribution in [2.24, 2.45) is 5.73 Å². The number of benzene rings is 1. The van der Waals surface area contributed by atoms with Crippen molar-refractivity contribution in [1.82, 2.24) is 10.3 Å². The van der Waals surface area contributed by atoms with Gasteiger partial charge in [-0.2, -0.15) is 0 Å². The average molecular weight is 340 g/mol. The van der Waals surface area contributed by atoms with Gasteiger partial charge in [0.15, 0.2) is 5.76 Å². The third-order valence-corrected chi connectivity index (χ3v) is 3.34. The molecule has 1 heterocycles. The Labute approximate surface area is 141 Å². The summed E-state index contributed by atoms with van der Waals surface area (Å²) in [5.41, 5.74) is 6.45. The van der Waals surface area contributed by atoms with E-state index in [1.54, 1.807) is 6.20 Å². The van der Waals surface area contributed by atoms with Crippen LogP contribution in [0, 0.1) is 0 Å². The van der Waals surface area contributed by atoms with Gasteiger partial charge in [-0.15, -0.1) is 12.4 Å². The van der Waals surface area contributed by atoms with Crippen LogP contribution < -0.4 is 11.1 Å². The molecule has 2 unspecified atom stereocenters. The second-order valence-electron chi connectivity index (χ2n) is 5.02. The highest BCUT2D eigenvalue weighted by Gasteiger charge is 2.18. The molecule has 1 aromatic carbocycles. The van der Waals surface area contributed by atoms with Crippen molar-refractivity contribution >= 4 is 18.3 Å². The van der Waals surface area contributed by atoms with Crippen LogP contribution in [0.2, 0.25) is 0 Å². The van der Waals surface area contributed by atoms with Gasteiger partial charge in [-0.05, 0) is 6.92 Å². The molecule has 0 fully saturated rings. The quantitative estimate of drug-likeness (QED) is 0.807. The zero-order valence-electron chi connectivity index (χ0n) is 13.2. The molecule has 2 aromatic rings. The Morgan fingerprint density at radius 1 is 1.39 bits per heavy atom. The fourth-order valence-electron chi connectivity index (χ4n) is 2.06. The van der Waals surface area contributed by atoms with Crippen molar-refractivity contribution in [2.75, 3.05) is 13.7 Å². The molecule has 1 amide bonds. The van der Waals surface area contributed by atoms with Gasteiger partial charge in [0.1, 0.15) is 6.04 Å². The van der Waals surface area contributed by atoms with Crippen LogP contribution in [0.4, 0.5) is 0 Å². The van der Waals surface area contributed by atoms with E-state index in [-0.39, 0.29) is 36.9 Å². The largest absolute Gasteiger partial charge is 0.438 e. The highest BCUT2D eigenvalue weighted by atomic mass is 35.5. The molecule has 2 rings (SSSR count). The van der Waals surface area contributed by atoms with E-state index in [2.05, 4.69) is 10.3 Å². The molecule has 126 valence electrons. The third-order valence-electron chi connectivity index (χ3n) is 3.34. The van der Waals surface area contributed by atoms with E-state index in [4.69, 9.17) is 14.9 Å². The smallest absolute Gasteiger partial charge is 0.223 e. The fourth-order valence-corrected chi connectivity index (χ4v) is 2.06. The second-order valence-corrected chi connectivity index (χ2v) is 5.02. The fraction of sp³-hybridized carbons (Fsp3) is 0.375. The Morgan fingerprint density at radius 3 is 2.70 bits per heavy atom. The molecule has 6 nitrogen and oxygen atoms in total. The summed E-state index contributed by atoms with van der Waals surface area (Å²) in [4.78, 5) is 16.1. The molecular weight excluding hydrogens is 318 g/mol. The summed E-state index contributed by atoms with van der Waals surface area (Å²) in [5, 5.41) is 2.83. The molecule has 0 aliphatic heterocycles. The molecule has 0 bridgehead atoms. The maximum atomic E-state index is 11.9. The zero-order chi connectivity index (χ0) is 15.9. The normalized spacial score (nSPS) is 13.0. The SMILES string of the molecule is COC(CN)CC(=O)NC(C)c1ncc(-c2ccccc2)o1.Cl. The Kier molecular flexibility index (Phi) is 7.74. The average Bonchev–Trinajstić information content (AvgIpc) is 3.03. The highest BCUT2D eigenvalue weighted by molar-refractivity contribution is 5.85. The monoisotopic (exact) mass is 339 g/mol. The summed E-state index contributed by atoms with van der Waals surface area (Å²) in [6.45, 7) is 2.12. The Balaban J connectivity index is 0.00000264. The van der Waals surface area contributed by atoms with Gasteiger partial charge in [0.05, 0.1) is 18.7 Å². The van der Waals surface area contributed by atoms with Crippen LogP contribution in [-0.2, 0) is 9.53 Å². The van der Waals surface area contributed by atoms with Gasteiger partial charge < -0.3 is 20.2 Å². The first-order valence-corrected chi connectivity index (χ1v) is 7.17. The number of ether oxygens (including phenoxy) is 1. The molecule has 2 atom stereocenters. The van der Waals surface area contributed by atoms with Crippen molar-refractivity contribution in [3.63, 3.8) is 0 Å². The van der Waals surface area contributed by atoms with Crippen molar-refractivity contribution in [2.45, 2.75) is 25.5 Å². The summed E-state index contributed by atoms with van der Waals surface area (Å²) in [5.74, 6) is 0.992. The summed E-state index contributed by atoms with van der Waals surface area (Å²) in [6.07, 6.45) is 1.59. The molecular formula is C16H22ClN3O3. The van der Waals surface area contributed by atoms with Gasteiger partial charge in [-0.3, -0.25) is 4.79 Å². The van der Waals surface area contributed by atoms with Crippen LogP contribution in [0.1, 0.15) is 25.3 Å². The lowest BCUT2D eigenvalue weighted by molar-refractivity contribution is -0.124. The lowest BCUT2D eigenvalue weighted by atomic mass is 10.2. The van der Waals surface area contributed by atoms with Crippen molar-refractivity contribution < 1.29 is 13.9 Å². The summed E-state index contributed by atoms with van der Waals surface area (Å²) in [6, 6.07) is 9.37. The molecule has 0 spiro atoms. The first-order valence-electron chi connectivity index (χ1n) is 7.17. The molecule has 3 N–H and O–H groups in total. The van der Waals surface area contributed by atoms with Crippen molar-refractivity contribution in [3.05, 3.63) is 42.4 Å². The Hall–Kier alpha value is -1.89. The molecule has 0 aliphatic rings. The number of halogens is 1. The lowest BCUT2D eigenvalue weighted by Crippen LogP contribution is -2.33. The number of aromatic nitrogens is 1. The predicted molar refractivity (Wildman–Crippen MR) is 90.2 cm³/mol. The maximum Gasteiger partial charge on any atom is 0.223 e. The second kappa shape index (κ2) is 9.29. The molecule has 0 saturated carbocycles. The summed E-state index contributed by atoms with van der Waals surface area (Å²) < 4.78 is 10.8. The van der Waals surface area contributed by atoms with Gasteiger partial charge in [0.2, 0.25) is 11.8 Å². The van der Waals surface area contributed by atoms with E-state index in [1.165, 1.54) is 7.11 Å². The number of methoxy groups -OCH3 is 1. The van der Waals surface area contributed by atoms with Crippen LogP contribution in [0.5, 0.6) is 0 Å². The summed E-state index contributed by atoms with van der Waals surface area (Å²) in [7, 11) is 1.54. The van der Waals surface area contributed by atoms with E-state index in [9.17, 15) is 4.79 Å². The minimum absolute atomic E-state index is 0. The van der Waals surface area contributed by atoms with Crippen molar-refractivity contribution in [3.8, 4) is 11.3 Å². The Morgan fingerprint density at radius 2 is 2.09 bits per heavy atom. The number of carbonyl (C=O) groups excluding carboxylic acids is 1. The van der Waals surface area contributed by atoms with Gasteiger partial charge in [0, 0.05) is 19.2 Å². The number of nitrogens with one attached hydrogen (secondary N) is 1. The standard InChI is InChI=1S/C16H21N3O3.ClH/c1-11(19-15(20)8-13(9-17)21-2)16-18-10-14(22-16)12-6-4-3-5-7-12;/h3-7,10-11,13H,8-9,17H2,1-2H3,(H,19,20);1H. The zero-order valence-corrected chi connectivity index (χ0v) is 14.0. The van der Waals surface area contributed by atoms with E-state index < -0.39 is 0 Å². The number of carbonyl (C=O) groups is 1. The number of amides is 1.